The summed E-state index contributed by atoms with van der Waals surface area (Å²) in [6.07, 6.45) is -0.891. The summed E-state index contributed by atoms with van der Waals surface area (Å²) in [4.78, 5) is 35.2. The van der Waals surface area contributed by atoms with Gasteiger partial charge in [0.1, 0.15) is 6.33 Å². The average molecular weight is 524 g/mol. The molecule has 4 rings (SSSR count). The fraction of sp³-hybridized carbons (Fsp3) is 0.500. The molecule has 1 saturated carbocycles. The third-order valence-electron chi connectivity index (χ3n) is 6.97. The van der Waals surface area contributed by atoms with E-state index in [0.717, 1.165) is 25.0 Å². The third kappa shape index (κ3) is 6.27. The van der Waals surface area contributed by atoms with Crippen molar-refractivity contribution in [2.24, 2.45) is 16.9 Å². The number of piperidine rings is 1. The summed E-state index contributed by atoms with van der Waals surface area (Å²) >= 11 is 0. The van der Waals surface area contributed by atoms with Crippen molar-refractivity contribution in [2.75, 3.05) is 36.4 Å². The van der Waals surface area contributed by atoms with E-state index in [-0.39, 0.29) is 37.3 Å². The maximum atomic E-state index is 15.6. The number of benzene rings is 1. The van der Waals surface area contributed by atoms with E-state index in [2.05, 4.69) is 15.3 Å². The van der Waals surface area contributed by atoms with Crippen LogP contribution in [0.4, 0.5) is 29.2 Å². The molecule has 9 nitrogen and oxygen atoms in total. The van der Waals surface area contributed by atoms with Gasteiger partial charge in [0.05, 0.1) is 17.5 Å². The molecule has 1 aromatic heterocycles. The summed E-state index contributed by atoms with van der Waals surface area (Å²) in [6, 6.07) is 4.75. The van der Waals surface area contributed by atoms with Crippen LogP contribution in [0.3, 0.4) is 0 Å². The van der Waals surface area contributed by atoms with Crippen LogP contribution in [-0.2, 0) is 22.3 Å². The number of rotatable bonds is 10. The number of anilines is 2. The zero-order valence-electron chi connectivity index (χ0n) is 20.1. The number of aromatic nitrogens is 2. The molecule has 0 spiro atoms. The number of hydrogen-bond acceptors (Lipinski definition) is 7. The monoisotopic (exact) mass is 523 g/mol. The van der Waals surface area contributed by atoms with E-state index >= 15 is 4.39 Å². The largest absolute Gasteiger partial charge is 0.416 e. The van der Waals surface area contributed by atoms with Gasteiger partial charge in [0, 0.05) is 19.1 Å². The number of carbonyl (C=O) groups excluding carboxylic acids is 2. The molecule has 0 bridgehead atoms. The number of nitrogens with two attached hydrogens (primary N) is 2. The van der Waals surface area contributed by atoms with Gasteiger partial charge in [0.25, 0.3) is 0 Å². The molecule has 2 fully saturated rings. The lowest BCUT2D eigenvalue weighted by molar-refractivity contribution is -0.137. The second-order valence-electron chi connectivity index (χ2n) is 9.65. The first-order valence-electron chi connectivity index (χ1n) is 12.0. The second-order valence-corrected chi connectivity index (χ2v) is 9.65. The molecule has 5 N–H and O–H groups in total. The number of alkyl halides is 3. The molecule has 0 atom stereocenters. The van der Waals surface area contributed by atoms with Crippen molar-refractivity contribution >= 4 is 23.5 Å². The molecule has 1 aromatic carbocycles. The molecule has 0 radical (unpaired) electrons. The zero-order valence-corrected chi connectivity index (χ0v) is 20.1. The topological polar surface area (TPSA) is 130 Å². The van der Waals surface area contributed by atoms with Gasteiger partial charge in [-0.05, 0) is 56.5 Å². The van der Waals surface area contributed by atoms with Crippen LogP contribution in [0, 0.1) is 11.2 Å². The fourth-order valence-corrected chi connectivity index (χ4v) is 4.57. The number of halogens is 4. The summed E-state index contributed by atoms with van der Waals surface area (Å²) < 4.78 is 54.3. The van der Waals surface area contributed by atoms with Crippen molar-refractivity contribution in [1.29, 1.82) is 0 Å². The molecule has 13 heteroatoms. The molecule has 2 aliphatic rings. The minimum absolute atomic E-state index is 0.00564. The first kappa shape index (κ1) is 26.6. The third-order valence-corrected chi connectivity index (χ3v) is 6.97. The number of amides is 2. The van der Waals surface area contributed by atoms with E-state index in [4.69, 9.17) is 11.5 Å². The Hall–Kier alpha value is -3.48. The lowest BCUT2D eigenvalue weighted by Gasteiger charge is -2.39. The van der Waals surface area contributed by atoms with Crippen molar-refractivity contribution in [3.8, 4) is 0 Å². The highest BCUT2D eigenvalue weighted by atomic mass is 19.4. The summed E-state index contributed by atoms with van der Waals surface area (Å²) in [5.74, 6) is -1.77. The number of hydrogen-bond donors (Lipinski definition) is 3. The van der Waals surface area contributed by atoms with Crippen LogP contribution >= 0.6 is 0 Å². The molecule has 2 amide bonds. The molecule has 37 heavy (non-hydrogen) atoms. The van der Waals surface area contributed by atoms with Crippen molar-refractivity contribution < 1.29 is 27.2 Å². The molecule has 200 valence electrons. The van der Waals surface area contributed by atoms with Gasteiger partial charge in [-0.1, -0.05) is 12.1 Å². The quantitative estimate of drug-likeness (QED) is 0.407. The van der Waals surface area contributed by atoms with E-state index in [9.17, 15) is 22.8 Å². The van der Waals surface area contributed by atoms with Gasteiger partial charge in [0.2, 0.25) is 17.6 Å². The highest BCUT2D eigenvalue weighted by molar-refractivity contribution is 5.82. The van der Waals surface area contributed by atoms with Crippen molar-refractivity contribution in [1.82, 2.24) is 14.9 Å². The van der Waals surface area contributed by atoms with Gasteiger partial charge in [-0.25, -0.2) is 9.97 Å². The standard InChI is InChI=1S/C24H29F4N7O2/c25-19-20(31-13-23(22(30)37)7-9-34(10-8-23)12-18(29)36)32-14-33-21(19)35(17-5-6-17)11-15-1-3-16(4-2-15)24(26,27)28/h1-4,14,17H,5-13H2,(H2,29,36)(H2,30,37)(H,31,32,33). The lowest BCUT2D eigenvalue weighted by atomic mass is 9.77. The van der Waals surface area contributed by atoms with Gasteiger partial charge in [-0.2, -0.15) is 17.6 Å². The van der Waals surface area contributed by atoms with E-state index in [1.165, 1.54) is 18.5 Å². The molecule has 2 aromatic rings. The normalized spacial score (nSPS) is 17.8. The van der Waals surface area contributed by atoms with E-state index in [1.54, 1.807) is 4.90 Å². The Morgan fingerprint density at radius 3 is 2.30 bits per heavy atom. The summed E-state index contributed by atoms with van der Waals surface area (Å²) in [6.45, 7) is 1.18. The van der Waals surface area contributed by atoms with Gasteiger partial charge in [-0.15, -0.1) is 0 Å². The summed E-state index contributed by atoms with van der Waals surface area (Å²) in [5, 5.41) is 2.91. The van der Waals surface area contributed by atoms with Crippen molar-refractivity contribution in [2.45, 2.75) is 44.4 Å². The Morgan fingerprint density at radius 2 is 1.76 bits per heavy atom. The molecule has 1 saturated heterocycles. The van der Waals surface area contributed by atoms with Crippen LogP contribution < -0.4 is 21.7 Å². The Kier molecular flexibility index (Phi) is 7.53. The summed E-state index contributed by atoms with van der Waals surface area (Å²) in [5.41, 5.74) is 9.83. The maximum absolute atomic E-state index is 15.6. The van der Waals surface area contributed by atoms with Crippen molar-refractivity contribution in [3.05, 3.63) is 47.5 Å². The molecular weight excluding hydrogens is 494 g/mol. The highest BCUT2D eigenvalue weighted by Crippen LogP contribution is 2.36. The minimum atomic E-state index is -4.44. The van der Waals surface area contributed by atoms with Crippen LogP contribution in [-0.4, -0.2) is 58.9 Å². The first-order chi connectivity index (χ1) is 17.5. The molecule has 2 heterocycles. The smallest absolute Gasteiger partial charge is 0.369 e. The number of nitrogens with zero attached hydrogens (tertiary/aromatic N) is 4. The zero-order chi connectivity index (χ0) is 26.8. The number of nitrogens with one attached hydrogen (secondary N) is 1. The Bertz CT molecular complexity index is 1130. The molecular formula is C24H29F4N7O2. The molecule has 1 aliphatic carbocycles. The van der Waals surface area contributed by atoms with Gasteiger partial charge >= 0.3 is 6.18 Å². The van der Waals surface area contributed by atoms with Gasteiger partial charge in [-0.3, -0.25) is 14.5 Å². The first-order valence-corrected chi connectivity index (χ1v) is 12.0. The predicted molar refractivity (Wildman–Crippen MR) is 128 cm³/mol. The number of carbonyl (C=O) groups is 2. The molecule has 1 aliphatic heterocycles. The Balaban J connectivity index is 1.48. The lowest BCUT2D eigenvalue weighted by Crippen LogP contribution is -2.52. The predicted octanol–water partition coefficient (Wildman–Crippen LogP) is 2.27. The van der Waals surface area contributed by atoms with Gasteiger partial charge in [0.15, 0.2) is 11.6 Å². The van der Waals surface area contributed by atoms with E-state index < -0.39 is 34.8 Å². The average Bonchev–Trinajstić information content (AvgIpc) is 3.68. The SMILES string of the molecule is NC(=O)CN1CCC(CNc2ncnc(N(Cc3ccc(C(F)(F)F)cc3)C3CC3)c2F)(C(N)=O)CC1. The minimum Gasteiger partial charge on any atom is -0.369 e. The number of likely N-dealkylation sites (tertiary alicyclic amines) is 1. The molecule has 0 unspecified atom stereocenters. The van der Waals surface area contributed by atoms with Crippen molar-refractivity contribution in [3.63, 3.8) is 0 Å². The van der Waals surface area contributed by atoms with E-state index in [0.29, 0.717) is 31.5 Å². The highest BCUT2D eigenvalue weighted by Gasteiger charge is 2.40. The maximum Gasteiger partial charge on any atom is 0.416 e. The second kappa shape index (κ2) is 10.5. The van der Waals surface area contributed by atoms with Crippen LogP contribution in [0.25, 0.3) is 0 Å². The fourth-order valence-electron chi connectivity index (χ4n) is 4.57. The number of primary amides is 2. The van der Waals surface area contributed by atoms with Crippen LogP contribution in [0.5, 0.6) is 0 Å². The van der Waals surface area contributed by atoms with Crippen LogP contribution in [0.1, 0.15) is 36.8 Å². The summed E-state index contributed by atoms with van der Waals surface area (Å²) in [7, 11) is 0. The van der Waals surface area contributed by atoms with Gasteiger partial charge < -0.3 is 21.7 Å². The van der Waals surface area contributed by atoms with Crippen LogP contribution in [0.2, 0.25) is 0 Å². The Labute approximate surface area is 211 Å². The Morgan fingerprint density at radius 1 is 1.11 bits per heavy atom. The van der Waals surface area contributed by atoms with E-state index in [1.807, 2.05) is 4.90 Å². The van der Waals surface area contributed by atoms with Crippen LogP contribution in [0.15, 0.2) is 30.6 Å².